The molecule has 0 nitrogen and oxygen atoms in total. The second kappa shape index (κ2) is 5.26. The van der Waals surface area contributed by atoms with Crippen molar-refractivity contribution >= 4 is 11.8 Å². The fourth-order valence-corrected chi connectivity index (χ4v) is 2.15. The van der Waals surface area contributed by atoms with Crippen molar-refractivity contribution in [2.24, 2.45) is 0 Å². The number of thioether (sulfide) groups is 1. The highest BCUT2D eigenvalue weighted by Crippen LogP contribution is 2.19. The highest BCUT2D eigenvalue weighted by molar-refractivity contribution is 7.99. The van der Waals surface area contributed by atoms with Gasteiger partial charge in [-0.25, -0.2) is 0 Å². The Kier molecular flexibility index (Phi) is 4.23. The van der Waals surface area contributed by atoms with Crippen molar-refractivity contribution in [2.45, 2.75) is 31.6 Å². The van der Waals surface area contributed by atoms with E-state index in [0.717, 1.165) is 0 Å². The smallest absolute Gasteiger partial charge is 0.00745 e. The second-order valence-corrected chi connectivity index (χ2v) is 4.19. The zero-order chi connectivity index (χ0) is 8.81. The third-order valence-electron chi connectivity index (χ3n) is 1.76. The zero-order valence-electron chi connectivity index (χ0n) is 7.84. The quantitative estimate of drug-likeness (QED) is 0.500. The standard InChI is InChI=1S/C11H16S/c1-3-4-8-12-11-7-5-6-10(2)9-11/h5-7,9H,3-4,8H2,1-2H3. The molecule has 0 saturated carbocycles. The highest BCUT2D eigenvalue weighted by atomic mass is 32.2. The van der Waals surface area contributed by atoms with Crippen LogP contribution in [-0.2, 0) is 0 Å². The molecule has 0 aliphatic carbocycles. The molecule has 1 aromatic rings. The molecular weight excluding hydrogens is 164 g/mol. The molecule has 0 bridgehead atoms. The molecule has 1 aromatic carbocycles. The van der Waals surface area contributed by atoms with E-state index in [1.54, 1.807) is 0 Å². The Balaban J connectivity index is 2.41. The summed E-state index contributed by atoms with van der Waals surface area (Å²) < 4.78 is 0. The van der Waals surface area contributed by atoms with Crippen LogP contribution < -0.4 is 0 Å². The molecule has 0 aliphatic rings. The van der Waals surface area contributed by atoms with Crippen LogP contribution in [0.4, 0.5) is 0 Å². The summed E-state index contributed by atoms with van der Waals surface area (Å²) in [5.41, 5.74) is 1.36. The number of benzene rings is 1. The van der Waals surface area contributed by atoms with Gasteiger partial charge in [-0.2, -0.15) is 0 Å². The van der Waals surface area contributed by atoms with E-state index in [-0.39, 0.29) is 0 Å². The molecule has 0 saturated heterocycles. The molecule has 0 amide bonds. The largest absolute Gasteiger partial charge is 0.126 e. The summed E-state index contributed by atoms with van der Waals surface area (Å²) in [6.45, 7) is 4.38. The minimum absolute atomic E-state index is 1.25. The van der Waals surface area contributed by atoms with Gasteiger partial charge in [-0.15, -0.1) is 11.8 Å². The van der Waals surface area contributed by atoms with Crippen LogP contribution in [0.1, 0.15) is 25.3 Å². The second-order valence-electron chi connectivity index (χ2n) is 3.02. The summed E-state index contributed by atoms with van der Waals surface area (Å²) in [7, 11) is 0. The lowest BCUT2D eigenvalue weighted by atomic mass is 10.2. The van der Waals surface area contributed by atoms with E-state index >= 15 is 0 Å². The Hall–Kier alpha value is -0.430. The third kappa shape index (κ3) is 3.31. The molecule has 1 heteroatoms. The van der Waals surface area contributed by atoms with Gasteiger partial charge >= 0.3 is 0 Å². The lowest BCUT2D eigenvalue weighted by Crippen LogP contribution is -1.79. The summed E-state index contributed by atoms with van der Waals surface area (Å²) in [6, 6.07) is 8.71. The van der Waals surface area contributed by atoms with Crippen molar-refractivity contribution in [2.75, 3.05) is 5.75 Å². The summed E-state index contributed by atoms with van der Waals surface area (Å²) in [5.74, 6) is 1.25. The Labute approximate surface area is 79.4 Å². The number of hydrogen-bond acceptors (Lipinski definition) is 1. The van der Waals surface area contributed by atoms with Crippen LogP contribution in [0.2, 0.25) is 0 Å². The molecule has 66 valence electrons. The number of unbranched alkanes of at least 4 members (excludes halogenated alkanes) is 1. The minimum atomic E-state index is 1.25. The van der Waals surface area contributed by atoms with Crippen molar-refractivity contribution in [3.63, 3.8) is 0 Å². The van der Waals surface area contributed by atoms with Gasteiger partial charge in [-0.05, 0) is 31.2 Å². The molecule has 12 heavy (non-hydrogen) atoms. The van der Waals surface area contributed by atoms with E-state index in [4.69, 9.17) is 0 Å². The number of aryl methyl sites for hydroxylation is 1. The fraction of sp³-hybridized carbons (Fsp3) is 0.455. The summed E-state index contributed by atoms with van der Waals surface area (Å²) in [6.07, 6.45) is 2.61. The first-order valence-corrected chi connectivity index (χ1v) is 5.51. The Morgan fingerprint density at radius 2 is 2.17 bits per heavy atom. The molecule has 0 unspecified atom stereocenters. The fourth-order valence-electron chi connectivity index (χ4n) is 1.04. The van der Waals surface area contributed by atoms with Crippen LogP contribution in [0, 0.1) is 6.92 Å². The average molecular weight is 180 g/mol. The van der Waals surface area contributed by atoms with Crippen molar-refractivity contribution in [1.82, 2.24) is 0 Å². The van der Waals surface area contributed by atoms with E-state index in [9.17, 15) is 0 Å². The predicted molar refractivity (Wildman–Crippen MR) is 56.8 cm³/mol. The zero-order valence-corrected chi connectivity index (χ0v) is 8.66. The SMILES string of the molecule is CCCCSc1cccc(C)c1. The molecule has 0 aromatic heterocycles. The van der Waals surface area contributed by atoms with Crippen molar-refractivity contribution < 1.29 is 0 Å². The molecular formula is C11H16S. The maximum Gasteiger partial charge on any atom is 0.00745 e. The van der Waals surface area contributed by atoms with E-state index in [1.807, 2.05) is 11.8 Å². The highest BCUT2D eigenvalue weighted by Gasteiger charge is 1.92. The lowest BCUT2D eigenvalue weighted by molar-refractivity contribution is 0.896. The van der Waals surface area contributed by atoms with E-state index < -0.39 is 0 Å². The molecule has 0 fully saturated rings. The van der Waals surface area contributed by atoms with Gasteiger partial charge < -0.3 is 0 Å². The normalized spacial score (nSPS) is 10.2. The van der Waals surface area contributed by atoms with E-state index in [1.165, 1.54) is 29.1 Å². The van der Waals surface area contributed by atoms with Crippen molar-refractivity contribution in [1.29, 1.82) is 0 Å². The molecule has 0 spiro atoms. The summed E-state index contributed by atoms with van der Waals surface area (Å²) in [5, 5.41) is 0. The topological polar surface area (TPSA) is 0 Å². The monoisotopic (exact) mass is 180 g/mol. The molecule has 0 heterocycles. The van der Waals surface area contributed by atoms with Crippen LogP contribution in [0.5, 0.6) is 0 Å². The van der Waals surface area contributed by atoms with Crippen molar-refractivity contribution in [3.05, 3.63) is 29.8 Å². The molecule has 0 aliphatic heterocycles. The first kappa shape index (κ1) is 9.66. The summed E-state index contributed by atoms with van der Waals surface area (Å²) in [4.78, 5) is 1.41. The predicted octanol–water partition coefficient (Wildman–Crippen LogP) is 3.89. The Morgan fingerprint density at radius 1 is 1.33 bits per heavy atom. The Bertz CT molecular complexity index is 230. The van der Waals surface area contributed by atoms with Crippen LogP contribution in [0.25, 0.3) is 0 Å². The number of hydrogen-bond donors (Lipinski definition) is 0. The molecule has 1 rings (SSSR count). The van der Waals surface area contributed by atoms with Gasteiger partial charge in [0, 0.05) is 4.90 Å². The van der Waals surface area contributed by atoms with Crippen LogP contribution in [-0.4, -0.2) is 5.75 Å². The van der Waals surface area contributed by atoms with Crippen LogP contribution in [0.15, 0.2) is 29.2 Å². The average Bonchev–Trinajstić information content (AvgIpc) is 2.05. The lowest BCUT2D eigenvalue weighted by Gasteiger charge is -2.00. The van der Waals surface area contributed by atoms with Gasteiger partial charge in [0.25, 0.3) is 0 Å². The van der Waals surface area contributed by atoms with Crippen molar-refractivity contribution in [3.8, 4) is 0 Å². The first-order valence-electron chi connectivity index (χ1n) is 4.52. The van der Waals surface area contributed by atoms with Crippen LogP contribution in [0.3, 0.4) is 0 Å². The van der Waals surface area contributed by atoms with Crippen LogP contribution >= 0.6 is 11.8 Å². The van der Waals surface area contributed by atoms with E-state index in [2.05, 4.69) is 38.1 Å². The molecule has 0 N–H and O–H groups in total. The maximum atomic E-state index is 2.25. The van der Waals surface area contributed by atoms with Gasteiger partial charge in [0.15, 0.2) is 0 Å². The van der Waals surface area contributed by atoms with Gasteiger partial charge in [0.1, 0.15) is 0 Å². The third-order valence-corrected chi connectivity index (χ3v) is 2.84. The molecule has 0 atom stereocenters. The summed E-state index contributed by atoms with van der Waals surface area (Å²) >= 11 is 1.96. The van der Waals surface area contributed by atoms with E-state index in [0.29, 0.717) is 0 Å². The van der Waals surface area contributed by atoms with Gasteiger partial charge in [-0.1, -0.05) is 31.0 Å². The van der Waals surface area contributed by atoms with Gasteiger partial charge in [-0.3, -0.25) is 0 Å². The minimum Gasteiger partial charge on any atom is -0.126 e. The van der Waals surface area contributed by atoms with Gasteiger partial charge in [0.2, 0.25) is 0 Å². The first-order chi connectivity index (χ1) is 5.83. The maximum absolute atomic E-state index is 2.25. The Morgan fingerprint density at radius 3 is 2.83 bits per heavy atom. The molecule has 0 radical (unpaired) electrons. The number of rotatable bonds is 4. The van der Waals surface area contributed by atoms with Gasteiger partial charge in [0.05, 0.1) is 0 Å².